The first-order valence-corrected chi connectivity index (χ1v) is 8.65. The van der Waals surface area contributed by atoms with E-state index in [9.17, 15) is 18.0 Å². The van der Waals surface area contributed by atoms with E-state index < -0.39 is 6.36 Å². The molecule has 0 spiro atoms. The molecule has 144 valence electrons. The summed E-state index contributed by atoms with van der Waals surface area (Å²) >= 11 is 0. The zero-order valence-electron chi connectivity index (χ0n) is 14.6. The highest BCUT2D eigenvalue weighted by atomic mass is 19.4. The predicted molar refractivity (Wildman–Crippen MR) is 93.6 cm³/mol. The number of amides is 1. The van der Waals surface area contributed by atoms with E-state index in [2.05, 4.69) is 10.1 Å². The van der Waals surface area contributed by atoms with Crippen LogP contribution in [0, 0.1) is 0 Å². The molecule has 1 fully saturated rings. The highest BCUT2D eigenvalue weighted by Gasteiger charge is 2.35. The standard InChI is InChI=1S/C20H20F3NO3/c21-20(22,23)27-17-8-6-15(7-9-17)18(25)24-14-19(10-12-26-13-11-19)16-4-2-1-3-5-16/h1-9H,10-14H2,(H,24,25). The van der Waals surface area contributed by atoms with Crippen molar-refractivity contribution in [2.75, 3.05) is 19.8 Å². The van der Waals surface area contributed by atoms with E-state index in [1.807, 2.05) is 30.3 Å². The van der Waals surface area contributed by atoms with Gasteiger partial charge in [0.05, 0.1) is 0 Å². The lowest BCUT2D eigenvalue weighted by atomic mass is 9.74. The Labute approximate surface area is 155 Å². The van der Waals surface area contributed by atoms with Crippen molar-refractivity contribution in [3.63, 3.8) is 0 Å². The third-order valence-corrected chi connectivity index (χ3v) is 4.77. The van der Waals surface area contributed by atoms with Crippen LogP contribution in [0.5, 0.6) is 5.75 Å². The van der Waals surface area contributed by atoms with Gasteiger partial charge in [-0.15, -0.1) is 13.2 Å². The summed E-state index contributed by atoms with van der Waals surface area (Å²) in [5, 5.41) is 2.92. The van der Waals surface area contributed by atoms with Crippen molar-refractivity contribution in [2.24, 2.45) is 0 Å². The van der Waals surface area contributed by atoms with E-state index in [0.717, 1.165) is 30.5 Å². The van der Waals surface area contributed by atoms with E-state index >= 15 is 0 Å². The van der Waals surface area contributed by atoms with E-state index in [-0.39, 0.29) is 22.6 Å². The molecule has 7 heteroatoms. The molecule has 0 radical (unpaired) electrons. The number of carbonyl (C=O) groups excluding carboxylic acids is 1. The number of halogens is 3. The van der Waals surface area contributed by atoms with Crippen molar-refractivity contribution in [3.8, 4) is 5.75 Å². The average Bonchev–Trinajstić information content (AvgIpc) is 2.67. The predicted octanol–water partition coefficient (Wildman–Crippen LogP) is 4.06. The fourth-order valence-corrected chi connectivity index (χ4v) is 3.28. The van der Waals surface area contributed by atoms with Gasteiger partial charge >= 0.3 is 6.36 Å². The summed E-state index contributed by atoms with van der Waals surface area (Å²) in [5.41, 5.74) is 1.21. The maximum absolute atomic E-state index is 12.5. The molecule has 0 aliphatic carbocycles. The van der Waals surface area contributed by atoms with Crippen LogP contribution in [0.25, 0.3) is 0 Å². The molecule has 0 atom stereocenters. The van der Waals surface area contributed by atoms with Crippen molar-refractivity contribution < 1.29 is 27.4 Å². The van der Waals surface area contributed by atoms with E-state index in [1.165, 1.54) is 12.1 Å². The summed E-state index contributed by atoms with van der Waals surface area (Å²) in [5.74, 6) is -0.695. The Balaban J connectivity index is 1.68. The Morgan fingerprint density at radius 3 is 2.26 bits per heavy atom. The zero-order valence-corrected chi connectivity index (χ0v) is 14.6. The number of ether oxygens (including phenoxy) is 2. The number of alkyl halides is 3. The quantitative estimate of drug-likeness (QED) is 0.852. The highest BCUT2D eigenvalue weighted by Crippen LogP contribution is 2.34. The van der Waals surface area contributed by atoms with Gasteiger partial charge in [-0.05, 0) is 42.7 Å². The molecule has 1 aliphatic heterocycles. The highest BCUT2D eigenvalue weighted by molar-refractivity contribution is 5.94. The van der Waals surface area contributed by atoms with Gasteiger partial charge < -0.3 is 14.8 Å². The Morgan fingerprint density at radius 1 is 1.04 bits per heavy atom. The third kappa shape index (κ3) is 5.01. The molecule has 2 aromatic rings. The molecule has 1 aliphatic rings. The van der Waals surface area contributed by atoms with Crippen LogP contribution in [0.3, 0.4) is 0 Å². The van der Waals surface area contributed by atoms with Crippen LogP contribution in [0.15, 0.2) is 54.6 Å². The molecule has 0 aromatic heterocycles. The lowest BCUT2D eigenvalue weighted by molar-refractivity contribution is -0.274. The summed E-state index contributed by atoms with van der Waals surface area (Å²) in [4.78, 5) is 12.5. The summed E-state index contributed by atoms with van der Waals surface area (Å²) in [6, 6.07) is 14.8. The molecule has 2 aromatic carbocycles. The monoisotopic (exact) mass is 379 g/mol. The van der Waals surface area contributed by atoms with Crippen LogP contribution in [-0.2, 0) is 10.2 Å². The van der Waals surface area contributed by atoms with Crippen LogP contribution in [0.4, 0.5) is 13.2 Å². The van der Waals surface area contributed by atoms with Crippen molar-refractivity contribution in [3.05, 3.63) is 65.7 Å². The van der Waals surface area contributed by atoms with Crippen molar-refractivity contribution in [2.45, 2.75) is 24.6 Å². The topological polar surface area (TPSA) is 47.6 Å². The van der Waals surface area contributed by atoms with Gasteiger partial charge in [0.1, 0.15) is 5.75 Å². The molecule has 1 heterocycles. The largest absolute Gasteiger partial charge is 0.573 e. The first-order valence-electron chi connectivity index (χ1n) is 8.65. The maximum Gasteiger partial charge on any atom is 0.573 e. The molecule has 1 amide bonds. The molecule has 1 saturated heterocycles. The fourth-order valence-electron chi connectivity index (χ4n) is 3.28. The average molecular weight is 379 g/mol. The number of carbonyl (C=O) groups is 1. The van der Waals surface area contributed by atoms with Crippen LogP contribution in [0.2, 0.25) is 0 Å². The van der Waals surface area contributed by atoms with Crippen LogP contribution < -0.4 is 10.1 Å². The van der Waals surface area contributed by atoms with Gasteiger partial charge in [-0.1, -0.05) is 30.3 Å². The van der Waals surface area contributed by atoms with Gasteiger partial charge in [0.15, 0.2) is 0 Å². The molecular formula is C20H20F3NO3. The Morgan fingerprint density at radius 2 is 1.67 bits per heavy atom. The Bertz CT molecular complexity index is 754. The number of benzene rings is 2. The molecule has 0 bridgehead atoms. The molecule has 1 N–H and O–H groups in total. The Kier molecular flexibility index (Phi) is 5.70. The van der Waals surface area contributed by atoms with E-state index in [4.69, 9.17) is 4.74 Å². The lowest BCUT2D eigenvalue weighted by Gasteiger charge is -2.38. The number of rotatable bonds is 5. The third-order valence-electron chi connectivity index (χ3n) is 4.77. The van der Waals surface area contributed by atoms with Gasteiger partial charge in [0.2, 0.25) is 0 Å². The molecule has 27 heavy (non-hydrogen) atoms. The van der Waals surface area contributed by atoms with Crippen LogP contribution in [0.1, 0.15) is 28.8 Å². The van der Waals surface area contributed by atoms with Gasteiger partial charge in [0, 0.05) is 30.7 Å². The molecule has 4 nitrogen and oxygen atoms in total. The SMILES string of the molecule is O=C(NCC1(c2ccccc2)CCOCC1)c1ccc(OC(F)(F)F)cc1. The van der Waals surface area contributed by atoms with Gasteiger partial charge in [-0.3, -0.25) is 4.79 Å². The molecule has 0 saturated carbocycles. The maximum atomic E-state index is 12.5. The smallest absolute Gasteiger partial charge is 0.406 e. The number of hydrogen-bond acceptors (Lipinski definition) is 3. The van der Waals surface area contributed by atoms with Crippen molar-refractivity contribution in [1.29, 1.82) is 0 Å². The second-order valence-corrected chi connectivity index (χ2v) is 6.51. The normalized spacial score (nSPS) is 16.6. The molecule has 0 unspecified atom stereocenters. The van der Waals surface area contributed by atoms with Crippen molar-refractivity contribution in [1.82, 2.24) is 5.32 Å². The number of hydrogen-bond donors (Lipinski definition) is 1. The van der Waals surface area contributed by atoms with Crippen LogP contribution >= 0.6 is 0 Å². The van der Waals surface area contributed by atoms with Gasteiger partial charge in [0.25, 0.3) is 5.91 Å². The first-order chi connectivity index (χ1) is 12.9. The minimum Gasteiger partial charge on any atom is -0.406 e. The van der Waals surface area contributed by atoms with E-state index in [1.54, 1.807) is 0 Å². The summed E-state index contributed by atoms with van der Waals surface area (Å²) in [6.07, 6.45) is -3.18. The minimum atomic E-state index is -4.76. The molecular weight excluding hydrogens is 359 g/mol. The second-order valence-electron chi connectivity index (χ2n) is 6.51. The fraction of sp³-hybridized carbons (Fsp3) is 0.350. The Hall–Kier alpha value is -2.54. The van der Waals surface area contributed by atoms with Crippen LogP contribution in [-0.4, -0.2) is 32.0 Å². The summed E-state index contributed by atoms with van der Waals surface area (Å²) < 4.78 is 45.9. The number of nitrogens with one attached hydrogen (secondary N) is 1. The minimum absolute atomic E-state index is 0.214. The second kappa shape index (κ2) is 8.00. The first kappa shape index (κ1) is 19.2. The summed E-state index contributed by atoms with van der Waals surface area (Å²) in [7, 11) is 0. The molecule has 3 rings (SSSR count). The zero-order chi connectivity index (χ0) is 19.3. The lowest BCUT2D eigenvalue weighted by Crippen LogP contribution is -2.44. The van der Waals surface area contributed by atoms with E-state index in [0.29, 0.717) is 19.8 Å². The van der Waals surface area contributed by atoms with Gasteiger partial charge in [-0.25, -0.2) is 0 Å². The van der Waals surface area contributed by atoms with Gasteiger partial charge in [-0.2, -0.15) is 0 Å². The summed E-state index contributed by atoms with van der Waals surface area (Å²) in [6.45, 7) is 1.67. The van der Waals surface area contributed by atoms with Crippen molar-refractivity contribution >= 4 is 5.91 Å².